The van der Waals surface area contributed by atoms with Crippen molar-refractivity contribution in [2.24, 2.45) is 5.92 Å². The van der Waals surface area contributed by atoms with Gasteiger partial charge in [0.1, 0.15) is 11.8 Å². The zero-order chi connectivity index (χ0) is 22.9. The molecular formula is C24H34N4O4. The van der Waals surface area contributed by atoms with E-state index in [1.807, 2.05) is 44.2 Å². The fourth-order valence-electron chi connectivity index (χ4n) is 3.95. The summed E-state index contributed by atoms with van der Waals surface area (Å²) in [6, 6.07) is 10.9. The van der Waals surface area contributed by atoms with Crippen molar-refractivity contribution in [3.8, 4) is 0 Å². The van der Waals surface area contributed by atoms with Crippen LogP contribution in [-0.4, -0.2) is 54.2 Å². The van der Waals surface area contributed by atoms with E-state index in [9.17, 15) is 9.59 Å². The third kappa shape index (κ3) is 6.90. The number of carbonyl (C=O) groups is 2. The van der Waals surface area contributed by atoms with Crippen LogP contribution in [0.1, 0.15) is 50.5 Å². The van der Waals surface area contributed by atoms with Crippen LogP contribution >= 0.6 is 0 Å². The average Bonchev–Trinajstić information content (AvgIpc) is 3.19. The second-order valence-electron chi connectivity index (χ2n) is 8.50. The van der Waals surface area contributed by atoms with E-state index in [0.717, 1.165) is 12.0 Å². The average molecular weight is 443 g/mol. The van der Waals surface area contributed by atoms with Crippen LogP contribution in [0.15, 0.2) is 40.9 Å². The van der Waals surface area contributed by atoms with Crippen molar-refractivity contribution < 1.29 is 18.8 Å². The van der Waals surface area contributed by atoms with Gasteiger partial charge < -0.3 is 19.9 Å². The van der Waals surface area contributed by atoms with E-state index < -0.39 is 6.04 Å². The van der Waals surface area contributed by atoms with Crippen LogP contribution < -0.4 is 10.6 Å². The molecule has 1 aliphatic rings. The van der Waals surface area contributed by atoms with Gasteiger partial charge in [0, 0.05) is 25.1 Å². The maximum absolute atomic E-state index is 13.2. The van der Waals surface area contributed by atoms with Gasteiger partial charge in [-0.05, 0) is 58.7 Å². The second-order valence-corrected chi connectivity index (χ2v) is 8.50. The number of hydrogen-bond donors (Lipinski definition) is 2. The van der Waals surface area contributed by atoms with E-state index in [1.54, 1.807) is 13.0 Å². The lowest BCUT2D eigenvalue weighted by molar-refractivity contribution is -0.127. The summed E-state index contributed by atoms with van der Waals surface area (Å²) in [6.07, 6.45) is 2.45. The topological polar surface area (TPSA) is 96.7 Å². The molecular weight excluding hydrogens is 408 g/mol. The predicted molar refractivity (Wildman–Crippen MR) is 122 cm³/mol. The number of hydrogen-bond acceptors (Lipinski definition) is 6. The number of anilines is 1. The maximum Gasteiger partial charge on any atom is 0.247 e. The van der Waals surface area contributed by atoms with Crippen LogP contribution in [-0.2, 0) is 14.3 Å². The second kappa shape index (κ2) is 11.8. The van der Waals surface area contributed by atoms with Gasteiger partial charge >= 0.3 is 0 Å². The molecule has 0 radical (unpaired) electrons. The molecule has 174 valence electrons. The molecule has 2 N–H and O–H groups in total. The van der Waals surface area contributed by atoms with Crippen LogP contribution in [0.3, 0.4) is 0 Å². The minimum Gasteiger partial charge on any atom is -0.379 e. The van der Waals surface area contributed by atoms with Crippen molar-refractivity contribution in [3.05, 3.63) is 47.7 Å². The highest BCUT2D eigenvalue weighted by atomic mass is 16.5. The Morgan fingerprint density at radius 3 is 2.56 bits per heavy atom. The molecule has 1 unspecified atom stereocenters. The number of ether oxygens (including phenoxy) is 1. The minimum atomic E-state index is -0.453. The van der Waals surface area contributed by atoms with E-state index in [-0.39, 0.29) is 23.8 Å². The Morgan fingerprint density at radius 1 is 1.22 bits per heavy atom. The number of nitrogens with one attached hydrogen (secondary N) is 2. The Hall–Kier alpha value is -2.71. The van der Waals surface area contributed by atoms with E-state index >= 15 is 0 Å². The van der Waals surface area contributed by atoms with Gasteiger partial charge in [-0.2, -0.15) is 0 Å². The number of piperidine rings is 1. The zero-order valence-corrected chi connectivity index (χ0v) is 19.2. The Kier molecular flexibility index (Phi) is 8.81. The third-order valence-electron chi connectivity index (χ3n) is 5.58. The zero-order valence-electron chi connectivity index (χ0n) is 19.2. The molecule has 0 aliphatic carbocycles. The summed E-state index contributed by atoms with van der Waals surface area (Å²) in [5.41, 5.74) is 0.915. The molecule has 3 rings (SSSR count). The number of carbonyl (C=O) groups excluding carboxylic acids is 2. The van der Waals surface area contributed by atoms with Gasteiger partial charge in [-0.15, -0.1) is 0 Å². The molecule has 1 atom stereocenters. The number of benzene rings is 1. The third-order valence-corrected chi connectivity index (χ3v) is 5.58. The fraction of sp³-hybridized carbons (Fsp3) is 0.542. The summed E-state index contributed by atoms with van der Waals surface area (Å²) in [5, 5.41) is 9.76. The molecule has 0 bridgehead atoms. The standard InChI is InChI=1S/C24H34N4O4/c1-17(2)31-15-7-12-25-23(29)20-10-13-28(14-11-20)22(19-8-5-4-6-9-19)24(30)26-21-16-18(3)32-27-21/h4-6,8-9,16-17,20,22H,7,10-15H2,1-3H3,(H,25,29)(H,26,27,30). The van der Waals surface area contributed by atoms with Crippen LogP contribution in [0.25, 0.3) is 0 Å². The molecule has 1 aromatic heterocycles. The Bertz CT molecular complexity index is 860. The van der Waals surface area contributed by atoms with E-state index in [2.05, 4.69) is 20.7 Å². The summed E-state index contributed by atoms with van der Waals surface area (Å²) >= 11 is 0. The molecule has 1 fully saturated rings. The van der Waals surface area contributed by atoms with Gasteiger partial charge in [-0.25, -0.2) is 0 Å². The van der Waals surface area contributed by atoms with Gasteiger partial charge in [-0.3, -0.25) is 14.5 Å². The molecule has 8 nitrogen and oxygen atoms in total. The fourth-order valence-corrected chi connectivity index (χ4v) is 3.95. The summed E-state index contributed by atoms with van der Waals surface area (Å²) in [4.78, 5) is 27.8. The highest BCUT2D eigenvalue weighted by molar-refractivity contribution is 5.94. The first-order chi connectivity index (χ1) is 15.4. The quantitative estimate of drug-likeness (QED) is 0.548. The van der Waals surface area contributed by atoms with Gasteiger partial charge in [0.15, 0.2) is 5.82 Å². The molecule has 1 aliphatic heterocycles. The first kappa shape index (κ1) is 23.9. The molecule has 2 aromatic rings. The Balaban J connectivity index is 1.56. The minimum absolute atomic E-state index is 0.0325. The number of aryl methyl sites for hydroxylation is 1. The number of likely N-dealkylation sites (tertiary alicyclic amines) is 1. The maximum atomic E-state index is 13.2. The van der Waals surface area contributed by atoms with Crippen molar-refractivity contribution in [2.45, 2.75) is 52.2 Å². The molecule has 8 heteroatoms. The highest BCUT2D eigenvalue weighted by Crippen LogP contribution is 2.28. The van der Waals surface area contributed by atoms with Crippen molar-refractivity contribution in [2.75, 3.05) is 31.6 Å². The number of aromatic nitrogens is 1. The van der Waals surface area contributed by atoms with Crippen molar-refractivity contribution in [1.29, 1.82) is 0 Å². The molecule has 2 amide bonds. The number of rotatable bonds is 10. The van der Waals surface area contributed by atoms with E-state index in [0.29, 0.717) is 50.7 Å². The smallest absolute Gasteiger partial charge is 0.247 e. The first-order valence-electron chi connectivity index (χ1n) is 11.4. The van der Waals surface area contributed by atoms with Gasteiger partial charge in [0.05, 0.1) is 6.10 Å². The van der Waals surface area contributed by atoms with Gasteiger partial charge in [-0.1, -0.05) is 35.5 Å². The Morgan fingerprint density at radius 2 is 1.94 bits per heavy atom. The monoisotopic (exact) mass is 442 g/mol. The highest BCUT2D eigenvalue weighted by Gasteiger charge is 2.33. The molecule has 32 heavy (non-hydrogen) atoms. The first-order valence-corrected chi connectivity index (χ1v) is 11.4. The van der Waals surface area contributed by atoms with Crippen LogP contribution in [0, 0.1) is 12.8 Å². The number of nitrogens with zero attached hydrogens (tertiary/aromatic N) is 2. The molecule has 0 saturated carbocycles. The summed E-state index contributed by atoms with van der Waals surface area (Å²) in [7, 11) is 0. The number of amides is 2. The normalized spacial score (nSPS) is 16.1. The summed E-state index contributed by atoms with van der Waals surface area (Å²) < 4.78 is 10.6. The molecule has 2 heterocycles. The van der Waals surface area contributed by atoms with Crippen LogP contribution in [0.5, 0.6) is 0 Å². The summed E-state index contributed by atoms with van der Waals surface area (Å²) in [5.74, 6) is 0.948. The van der Waals surface area contributed by atoms with Crippen LogP contribution in [0.2, 0.25) is 0 Å². The summed E-state index contributed by atoms with van der Waals surface area (Å²) in [6.45, 7) is 8.39. The van der Waals surface area contributed by atoms with Crippen molar-refractivity contribution >= 4 is 17.6 Å². The predicted octanol–water partition coefficient (Wildman–Crippen LogP) is 3.31. The molecule has 1 saturated heterocycles. The lowest BCUT2D eigenvalue weighted by atomic mass is 9.93. The van der Waals surface area contributed by atoms with Gasteiger partial charge in [0.2, 0.25) is 11.8 Å². The lowest BCUT2D eigenvalue weighted by Crippen LogP contribution is -2.45. The van der Waals surface area contributed by atoms with E-state index in [1.165, 1.54) is 0 Å². The largest absolute Gasteiger partial charge is 0.379 e. The molecule has 1 aromatic carbocycles. The van der Waals surface area contributed by atoms with Crippen LogP contribution in [0.4, 0.5) is 5.82 Å². The lowest BCUT2D eigenvalue weighted by Gasteiger charge is -2.36. The SMILES string of the molecule is Cc1cc(NC(=O)C(c2ccccc2)N2CCC(C(=O)NCCCOC(C)C)CC2)no1. The van der Waals surface area contributed by atoms with Crippen molar-refractivity contribution in [3.63, 3.8) is 0 Å². The van der Waals surface area contributed by atoms with E-state index in [4.69, 9.17) is 9.26 Å². The molecule has 0 spiro atoms. The van der Waals surface area contributed by atoms with Gasteiger partial charge in [0.25, 0.3) is 0 Å². The Labute approximate surface area is 189 Å². The van der Waals surface area contributed by atoms with Crippen molar-refractivity contribution in [1.82, 2.24) is 15.4 Å².